The van der Waals surface area contributed by atoms with Gasteiger partial charge in [-0.05, 0) is 37.3 Å². The van der Waals surface area contributed by atoms with Crippen molar-refractivity contribution in [2.45, 2.75) is 13.0 Å². The van der Waals surface area contributed by atoms with Crippen LogP contribution in [0.2, 0.25) is 0 Å². The van der Waals surface area contributed by atoms with E-state index in [2.05, 4.69) is 5.32 Å². The number of rotatable bonds is 5. The summed E-state index contributed by atoms with van der Waals surface area (Å²) in [5.41, 5.74) is 1.22. The highest BCUT2D eigenvalue weighted by molar-refractivity contribution is 5.91. The topological polar surface area (TPSA) is 64.2 Å². The minimum Gasteiger partial charge on any atom is -0.454 e. The molecular weight excluding hydrogens is 318 g/mol. The van der Waals surface area contributed by atoms with Gasteiger partial charge in [-0.15, -0.1) is 0 Å². The monoisotopic (exact) mass is 335 g/mol. The minimum atomic E-state index is -0.891. The Morgan fingerprint density at radius 3 is 2.75 bits per heavy atom. The van der Waals surface area contributed by atoms with E-state index in [9.17, 15) is 13.6 Å². The standard InChI is InChI=1S/C17H16F2N2O3/c1-10(11-2-4-13(18)14(19)6-11)20-8-17(22)21-12-3-5-15-16(7-12)24-9-23-15/h2-7,10,20H,8-9H2,1H3,(H,21,22)/p+1/t10-/m1/s1. The molecule has 0 bridgehead atoms. The molecule has 1 aliphatic rings. The molecular formula is C17H17F2N2O3+. The van der Waals surface area contributed by atoms with Gasteiger partial charge in [0.2, 0.25) is 6.79 Å². The van der Waals surface area contributed by atoms with E-state index < -0.39 is 11.6 Å². The third-order valence-electron chi connectivity index (χ3n) is 3.78. The van der Waals surface area contributed by atoms with Crippen molar-refractivity contribution in [2.75, 3.05) is 18.7 Å². The van der Waals surface area contributed by atoms with Crippen LogP contribution in [0.4, 0.5) is 14.5 Å². The molecule has 0 fully saturated rings. The van der Waals surface area contributed by atoms with Gasteiger partial charge in [-0.25, -0.2) is 8.78 Å². The van der Waals surface area contributed by atoms with Gasteiger partial charge in [0.1, 0.15) is 6.04 Å². The van der Waals surface area contributed by atoms with Crippen LogP contribution in [0.25, 0.3) is 0 Å². The second kappa shape index (κ2) is 6.84. The molecule has 24 heavy (non-hydrogen) atoms. The van der Waals surface area contributed by atoms with Crippen LogP contribution >= 0.6 is 0 Å². The molecule has 1 amide bonds. The lowest BCUT2D eigenvalue weighted by Crippen LogP contribution is -2.86. The fourth-order valence-corrected chi connectivity index (χ4v) is 2.40. The van der Waals surface area contributed by atoms with Gasteiger partial charge in [-0.1, -0.05) is 0 Å². The van der Waals surface area contributed by atoms with E-state index in [1.807, 2.05) is 6.92 Å². The van der Waals surface area contributed by atoms with Crippen LogP contribution in [0, 0.1) is 11.6 Å². The summed E-state index contributed by atoms with van der Waals surface area (Å²) in [4.78, 5) is 12.0. The van der Waals surface area contributed by atoms with Crippen molar-refractivity contribution < 1.29 is 28.4 Å². The normalized spacial score (nSPS) is 13.6. The molecule has 7 heteroatoms. The Bertz CT molecular complexity index is 767. The predicted molar refractivity (Wildman–Crippen MR) is 82.8 cm³/mol. The van der Waals surface area contributed by atoms with E-state index in [-0.39, 0.29) is 25.3 Å². The van der Waals surface area contributed by atoms with E-state index in [1.54, 1.807) is 23.5 Å². The number of hydrogen-bond acceptors (Lipinski definition) is 3. The van der Waals surface area contributed by atoms with Crippen molar-refractivity contribution in [1.29, 1.82) is 0 Å². The molecule has 2 aromatic rings. The maximum Gasteiger partial charge on any atom is 0.279 e. The zero-order valence-corrected chi connectivity index (χ0v) is 13.0. The highest BCUT2D eigenvalue weighted by atomic mass is 19.2. The summed E-state index contributed by atoms with van der Waals surface area (Å²) in [6.07, 6.45) is 0. The first kappa shape index (κ1) is 16.2. The maximum atomic E-state index is 13.2. The Labute approximate surface area is 137 Å². The van der Waals surface area contributed by atoms with Crippen molar-refractivity contribution in [1.82, 2.24) is 0 Å². The number of benzene rings is 2. The summed E-state index contributed by atoms with van der Waals surface area (Å²) < 4.78 is 36.6. The summed E-state index contributed by atoms with van der Waals surface area (Å²) in [6, 6.07) is 8.71. The second-order valence-electron chi connectivity index (χ2n) is 5.52. The van der Waals surface area contributed by atoms with Gasteiger partial charge in [0, 0.05) is 17.3 Å². The average Bonchev–Trinajstić information content (AvgIpc) is 3.03. The number of halogens is 2. The third kappa shape index (κ3) is 3.62. The highest BCUT2D eigenvalue weighted by Crippen LogP contribution is 2.34. The van der Waals surface area contributed by atoms with E-state index >= 15 is 0 Å². The van der Waals surface area contributed by atoms with Gasteiger partial charge in [0.05, 0.1) is 0 Å². The number of fused-ring (bicyclic) bond motifs is 1. The maximum absolute atomic E-state index is 13.2. The van der Waals surface area contributed by atoms with Crippen molar-refractivity contribution in [3.63, 3.8) is 0 Å². The Hall–Kier alpha value is -2.67. The summed E-state index contributed by atoms with van der Waals surface area (Å²) in [5.74, 6) is -0.745. The van der Waals surface area contributed by atoms with E-state index in [0.717, 1.165) is 12.1 Å². The van der Waals surface area contributed by atoms with Gasteiger partial charge >= 0.3 is 0 Å². The van der Waals surface area contributed by atoms with Crippen LogP contribution < -0.4 is 20.1 Å². The second-order valence-corrected chi connectivity index (χ2v) is 5.52. The number of quaternary nitrogens is 1. The van der Waals surface area contributed by atoms with Crippen molar-refractivity contribution >= 4 is 11.6 Å². The smallest absolute Gasteiger partial charge is 0.279 e. The Morgan fingerprint density at radius 2 is 1.96 bits per heavy atom. The number of ether oxygens (including phenoxy) is 2. The van der Waals surface area contributed by atoms with Crippen LogP contribution in [0.3, 0.4) is 0 Å². The fraction of sp³-hybridized carbons (Fsp3) is 0.235. The van der Waals surface area contributed by atoms with Crippen molar-refractivity contribution in [3.8, 4) is 11.5 Å². The number of nitrogens with two attached hydrogens (primary N) is 1. The molecule has 3 rings (SSSR count). The molecule has 1 aliphatic heterocycles. The van der Waals surface area contributed by atoms with Crippen LogP contribution in [0.5, 0.6) is 11.5 Å². The Morgan fingerprint density at radius 1 is 1.17 bits per heavy atom. The molecule has 0 aromatic heterocycles. The molecule has 126 valence electrons. The first-order valence-electron chi connectivity index (χ1n) is 7.50. The van der Waals surface area contributed by atoms with Gasteiger partial charge in [-0.3, -0.25) is 4.79 Å². The molecule has 2 aromatic carbocycles. The Kier molecular flexibility index (Phi) is 4.61. The van der Waals surface area contributed by atoms with Crippen molar-refractivity contribution in [2.24, 2.45) is 0 Å². The molecule has 0 radical (unpaired) electrons. The third-order valence-corrected chi connectivity index (χ3v) is 3.78. The first-order chi connectivity index (χ1) is 11.5. The quantitative estimate of drug-likeness (QED) is 0.878. The molecule has 0 saturated carbocycles. The van der Waals surface area contributed by atoms with E-state index in [0.29, 0.717) is 22.7 Å². The minimum absolute atomic E-state index is 0.147. The van der Waals surface area contributed by atoms with Crippen LogP contribution in [-0.4, -0.2) is 19.2 Å². The lowest BCUT2D eigenvalue weighted by atomic mass is 10.1. The SMILES string of the molecule is C[C@@H]([NH2+]CC(=O)Nc1ccc2c(c1)OCO2)c1ccc(F)c(F)c1. The zero-order valence-electron chi connectivity index (χ0n) is 13.0. The van der Waals surface area contributed by atoms with Gasteiger partial charge in [0.25, 0.3) is 5.91 Å². The number of anilines is 1. The highest BCUT2D eigenvalue weighted by Gasteiger charge is 2.16. The number of carbonyl (C=O) groups excluding carboxylic acids is 1. The molecule has 0 aliphatic carbocycles. The molecule has 0 unspecified atom stereocenters. The molecule has 5 nitrogen and oxygen atoms in total. The predicted octanol–water partition coefficient (Wildman–Crippen LogP) is 1.96. The van der Waals surface area contributed by atoms with Crippen LogP contribution in [-0.2, 0) is 4.79 Å². The largest absolute Gasteiger partial charge is 0.454 e. The van der Waals surface area contributed by atoms with Crippen LogP contribution in [0.1, 0.15) is 18.5 Å². The number of hydrogen-bond donors (Lipinski definition) is 2. The molecule has 0 spiro atoms. The summed E-state index contributed by atoms with van der Waals surface area (Å²) in [6.45, 7) is 2.14. The summed E-state index contributed by atoms with van der Waals surface area (Å²) in [5, 5.41) is 4.50. The van der Waals surface area contributed by atoms with E-state index in [4.69, 9.17) is 9.47 Å². The van der Waals surface area contributed by atoms with Crippen LogP contribution in [0.15, 0.2) is 36.4 Å². The Balaban J connectivity index is 1.54. The fourth-order valence-electron chi connectivity index (χ4n) is 2.40. The zero-order chi connectivity index (χ0) is 17.1. The average molecular weight is 335 g/mol. The van der Waals surface area contributed by atoms with Gasteiger partial charge < -0.3 is 20.1 Å². The summed E-state index contributed by atoms with van der Waals surface area (Å²) in [7, 11) is 0. The first-order valence-corrected chi connectivity index (χ1v) is 7.50. The molecule has 1 heterocycles. The van der Waals surface area contributed by atoms with Crippen molar-refractivity contribution in [3.05, 3.63) is 53.6 Å². The number of amides is 1. The van der Waals surface area contributed by atoms with E-state index in [1.165, 1.54) is 6.07 Å². The van der Waals surface area contributed by atoms with Gasteiger partial charge in [0.15, 0.2) is 29.7 Å². The molecule has 3 N–H and O–H groups in total. The lowest BCUT2D eigenvalue weighted by molar-refractivity contribution is -0.682. The summed E-state index contributed by atoms with van der Waals surface area (Å²) >= 11 is 0. The number of nitrogens with one attached hydrogen (secondary N) is 1. The van der Waals surface area contributed by atoms with Gasteiger partial charge in [-0.2, -0.15) is 0 Å². The molecule has 0 saturated heterocycles. The molecule has 1 atom stereocenters. The lowest BCUT2D eigenvalue weighted by Gasteiger charge is -2.11. The number of carbonyl (C=O) groups is 1.